The Bertz CT molecular complexity index is 98.7. The van der Waals surface area contributed by atoms with Crippen LogP contribution in [0.5, 0.6) is 0 Å². The van der Waals surface area contributed by atoms with Crippen LogP contribution < -0.4 is 11.1 Å². The monoisotopic (exact) mass is 158 g/mol. The van der Waals surface area contributed by atoms with E-state index in [0.717, 1.165) is 19.6 Å². The summed E-state index contributed by atoms with van der Waals surface area (Å²) in [5.41, 5.74) is 5.62. The number of nitrogens with one attached hydrogen (secondary N) is 1. The SMILES string of the molecule is C1CNC1.CC1(N)CCOC1. The van der Waals surface area contributed by atoms with Gasteiger partial charge in [0.25, 0.3) is 0 Å². The zero-order valence-electron chi connectivity index (χ0n) is 7.23. The molecule has 3 N–H and O–H groups in total. The summed E-state index contributed by atoms with van der Waals surface area (Å²) in [4.78, 5) is 0. The molecule has 0 radical (unpaired) electrons. The molecule has 0 aromatic heterocycles. The molecule has 0 amide bonds. The summed E-state index contributed by atoms with van der Waals surface area (Å²) < 4.78 is 5.03. The van der Waals surface area contributed by atoms with Gasteiger partial charge in [0.05, 0.1) is 6.61 Å². The Kier molecular flexibility index (Phi) is 3.30. The van der Waals surface area contributed by atoms with Crippen LogP contribution in [0.25, 0.3) is 0 Å². The van der Waals surface area contributed by atoms with Crippen molar-refractivity contribution < 1.29 is 4.74 Å². The summed E-state index contributed by atoms with van der Waals surface area (Å²) in [6.07, 6.45) is 2.40. The average Bonchev–Trinajstić information content (AvgIpc) is 2.08. The van der Waals surface area contributed by atoms with Crippen molar-refractivity contribution in [3.05, 3.63) is 0 Å². The molecule has 2 aliphatic rings. The molecule has 0 aromatic rings. The van der Waals surface area contributed by atoms with Gasteiger partial charge in [-0.1, -0.05) is 0 Å². The van der Waals surface area contributed by atoms with Crippen LogP contribution in [-0.2, 0) is 4.74 Å². The summed E-state index contributed by atoms with van der Waals surface area (Å²) >= 11 is 0. The van der Waals surface area contributed by atoms with Gasteiger partial charge >= 0.3 is 0 Å². The number of nitrogens with two attached hydrogens (primary N) is 1. The topological polar surface area (TPSA) is 47.3 Å². The molecule has 11 heavy (non-hydrogen) atoms. The molecule has 3 nitrogen and oxygen atoms in total. The molecular weight excluding hydrogens is 140 g/mol. The summed E-state index contributed by atoms with van der Waals surface area (Å²) in [6, 6.07) is 0. The predicted molar refractivity (Wildman–Crippen MR) is 45.5 cm³/mol. The van der Waals surface area contributed by atoms with Gasteiger partial charge in [-0.3, -0.25) is 0 Å². The molecule has 0 aromatic carbocycles. The smallest absolute Gasteiger partial charge is 0.0644 e. The molecule has 0 saturated carbocycles. The Morgan fingerprint density at radius 1 is 1.45 bits per heavy atom. The fraction of sp³-hybridized carbons (Fsp3) is 1.00. The third-order valence-electron chi connectivity index (χ3n) is 1.96. The van der Waals surface area contributed by atoms with E-state index in [9.17, 15) is 0 Å². The highest BCUT2D eigenvalue weighted by Gasteiger charge is 2.23. The lowest BCUT2D eigenvalue weighted by molar-refractivity contribution is 0.182. The molecule has 2 heterocycles. The van der Waals surface area contributed by atoms with Gasteiger partial charge in [-0.05, 0) is 32.9 Å². The maximum atomic E-state index is 5.65. The van der Waals surface area contributed by atoms with Gasteiger partial charge in [-0.2, -0.15) is 0 Å². The summed E-state index contributed by atoms with van der Waals surface area (Å²) in [5.74, 6) is 0. The first-order valence-corrected chi connectivity index (χ1v) is 4.28. The van der Waals surface area contributed by atoms with Crippen molar-refractivity contribution in [1.29, 1.82) is 0 Å². The van der Waals surface area contributed by atoms with Gasteiger partial charge in [0, 0.05) is 12.1 Å². The Labute approximate surface area is 68.3 Å². The molecule has 1 atom stereocenters. The van der Waals surface area contributed by atoms with Gasteiger partial charge in [0.1, 0.15) is 0 Å². The number of rotatable bonds is 0. The maximum absolute atomic E-state index is 5.65. The molecule has 66 valence electrons. The molecule has 1 unspecified atom stereocenters. The van der Waals surface area contributed by atoms with Crippen molar-refractivity contribution >= 4 is 0 Å². The van der Waals surface area contributed by atoms with E-state index < -0.39 is 0 Å². The fourth-order valence-electron chi connectivity index (χ4n) is 0.860. The second-order valence-corrected chi connectivity index (χ2v) is 3.56. The minimum absolute atomic E-state index is 0.0278. The van der Waals surface area contributed by atoms with Gasteiger partial charge in [-0.25, -0.2) is 0 Å². The normalized spacial score (nSPS) is 35.5. The minimum Gasteiger partial charge on any atom is -0.379 e. The molecule has 2 aliphatic heterocycles. The van der Waals surface area contributed by atoms with E-state index in [1.807, 2.05) is 6.92 Å². The molecule has 2 rings (SSSR count). The predicted octanol–water partition coefficient (Wildman–Crippen LogP) is 0.104. The Hall–Kier alpha value is -0.120. The van der Waals surface area contributed by atoms with E-state index >= 15 is 0 Å². The Morgan fingerprint density at radius 2 is 2.00 bits per heavy atom. The summed E-state index contributed by atoms with van der Waals surface area (Å²) in [6.45, 7) is 6.08. The minimum atomic E-state index is -0.0278. The van der Waals surface area contributed by atoms with Gasteiger partial charge in [-0.15, -0.1) is 0 Å². The first kappa shape index (κ1) is 8.97. The van der Waals surface area contributed by atoms with E-state index in [1.54, 1.807) is 0 Å². The first-order valence-electron chi connectivity index (χ1n) is 4.28. The molecule has 2 fully saturated rings. The number of hydrogen-bond donors (Lipinski definition) is 2. The molecule has 2 saturated heterocycles. The fourth-order valence-corrected chi connectivity index (χ4v) is 0.860. The van der Waals surface area contributed by atoms with Crippen molar-refractivity contribution in [2.45, 2.75) is 25.3 Å². The van der Waals surface area contributed by atoms with E-state index in [1.165, 1.54) is 19.5 Å². The Morgan fingerprint density at radius 3 is 2.09 bits per heavy atom. The number of ether oxygens (including phenoxy) is 1. The maximum Gasteiger partial charge on any atom is 0.0644 e. The van der Waals surface area contributed by atoms with Crippen LogP contribution in [0.1, 0.15) is 19.8 Å². The Balaban J connectivity index is 0.000000128. The molecule has 0 aliphatic carbocycles. The first-order chi connectivity index (χ1) is 5.21. The van der Waals surface area contributed by atoms with Crippen molar-refractivity contribution in [3.63, 3.8) is 0 Å². The van der Waals surface area contributed by atoms with Crippen LogP contribution in [0.15, 0.2) is 0 Å². The van der Waals surface area contributed by atoms with Crippen LogP contribution in [-0.4, -0.2) is 31.8 Å². The lowest BCUT2D eigenvalue weighted by atomic mass is 10.0. The lowest BCUT2D eigenvalue weighted by Gasteiger charge is -2.11. The summed E-state index contributed by atoms with van der Waals surface area (Å²) in [7, 11) is 0. The second kappa shape index (κ2) is 4.04. The van der Waals surface area contributed by atoms with Crippen LogP contribution in [0.3, 0.4) is 0 Å². The zero-order chi connectivity index (χ0) is 8.16. The van der Waals surface area contributed by atoms with Crippen LogP contribution in [0.2, 0.25) is 0 Å². The van der Waals surface area contributed by atoms with Crippen LogP contribution >= 0.6 is 0 Å². The van der Waals surface area contributed by atoms with E-state index in [2.05, 4.69) is 5.32 Å². The van der Waals surface area contributed by atoms with Crippen molar-refractivity contribution in [3.8, 4) is 0 Å². The molecular formula is C8H18N2O. The highest BCUT2D eigenvalue weighted by Crippen LogP contribution is 2.12. The third-order valence-corrected chi connectivity index (χ3v) is 1.96. The van der Waals surface area contributed by atoms with Crippen LogP contribution in [0.4, 0.5) is 0 Å². The van der Waals surface area contributed by atoms with E-state index in [0.29, 0.717) is 0 Å². The van der Waals surface area contributed by atoms with Crippen LogP contribution in [0, 0.1) is 0 Å². The molecule has 0 spiro atoms. The van der Waals surface area contributed by atoms with Gasteiger partial charge in [0.15, 0.2) is 0 Å². The molecule has 3 heteroatoms. The highest BCUT2D eigenvalue weighted by molar-refractivity contribution is 4.81. The van der Waals surface area contributed by atoms with Gasteiger partial charge in [0.2, 0.25) is 0 Å². The van der Waals surface area contributed by atoms with Crippen molar-refractivity contribution in [2.75, 3.05) is 26.3 Å². The second-order valence-electron chi connectivity index (χ2n) is 3.56. The van der Waals surface area contributed by atoms with Gasteiger partial charge < -0.3 is 15.8 Å². The zero-order valence-corrected chi connectivity index (χ0v) is 7.23. The van der Waals surface area contributed by atoms with Crippen molar-refractivity contribution in [1.82, 2.24) is 5.32 Å². The van der Waals surface area contributed by atoms with E-state index in [4.69, 9.17) is 10.5 Å². The number of hydrogen-bond acceptors (Lipinski definition) is 3. The average molecular weight is 158 g/mol. The lowest BCUT2D eigenvalue weighted by Crippen LogP contribution is -2.35. The van der Waals surface area contributed by atoms with Crippen molar-refractivity contribution in [2.24, 2.45) is 5.73 Å². The molecule has 0 bridgehead atoms. The third kappa shape index (κ3) is 3.70. The highest BCUT2D eigenvalue weighted by atomic mass is 16.5. The summed E-state index contributed by atoms with van der Waals surface area (Å²) in [5, 5.41) is 3.11. The largest absolute Gasteiger partial charge is 0.379 e. The van der Waals surface area contributed by atoms with E-state index in [-0.39, 0.29) is 5.54 Å². The standard InChI is InChI=1S/C5H11NO.C3H7N/c1-5(6)2-3-7-4-5;1-2-4-3-1/h2-4,6H2,1H3;4H,1-3H2. The quantitative estimate of drug-likeness (QED) is 0.526.